The minimum Gasteiger partial charge on any atom is -0.329 e. The maximum Gasteiger partial charge on any atom is 0.247 e. The highest BCUT2D eigenvalue weighted by molar-refractivity contribution is 7.80. The zero-order chi connectivity index (χ0) is 23.8. The average molecular weight is 481 g/mol. The summed E-state index contributed by atoms with van der Waals surface area (Å²) < 4.78 is 13.1. The van der Waals surface area contributed by atoms with Gasteiger partial charge in [0, 0.05) is 41.6 Å². The number of aromatic amines is 1. The van der Waals surface area contributed by atoms with Crippen molar-refractivity contribution in [2.45, 2.75) is 51.5 Å². The molecule has 1 fully saturated rings. The second kappa shape index (κ2) is 9.05. The highest BCUT2D eigenvalue weighted by atomic mass is 32.1. The number of fused-ring (bicyclic) bond motifs is 1. The van der Waals surface area contributed by atoms with Gasteiger partial charge in [-0.1, -0.05) is 26.1 Å². The number of carbonyl (C=O) groups excluding carboxylic acids is 1. The van der Waals surface area contributed by atoms with E-state index in [4.69, 9.17) is 22.2 Å². The zero-order valence-corrected chi connectivity index (χ0v) is 19.7. The van der Waals surface area contributed by atoms with Crippen molar-refractivity contribution < 1.29 is 9.18 Å². The summed E-state index contributed by atoms with van der Waals surface area (Å²) in [6, 6.07) is 4.23. The van der Waals surface area contributed by atoms with Crippen molar-refractivity contribution in [2.24, 2.45) is 0 Å². The summed E-state index contributed by atoms with van der Waals surface area (Å²) in [7, 11) is 0. The smallest absolute Gasteiger partial charge is 0.247 e. The number of amides is 1. The molecular formula is C23H25FN8OS. The number of carbonyl (C=O) groups is 1. The van der Waals surface area contributed by atoms with E-state index < -0.39 is 12.0 Å². The van der Waals surface area contributed by atoms with E-state index >= 15 is 0 Å². The third kappa shape index (κ3) is 4.47. The van der Waals surface area contributed by atoms with Gasteiger partial charge in [-0.2, -0.15) is 14.5 Å². The summed E-state index contributed by atoms with van der Waals surface area (Å²) in [6.07, 6.45) is 4.04. The van der Waals surface area contributed by atoms with Gasteiger partial charge in [-0.25, -0.2) is 9.97 Å². The Hall–Kier alpha value is -3.47. The third-order valence-electron chi connectivity index (χ3n) is 6.09. The maximum atomic E-state index is 13.1. The van der Waals surface area contributed by atoms with E-state index in [2.05, 4.69) is 39.7 Å². The number of H-pyrrole nitrogens is 1. The molecule has 34 heavy (non-hydrogen) atoms. The Morgan fingerprint density at radius 2 is 2.15 bits per heavy atom. The van der Waals surface area contributed by atoms with E-state index in [1.54, 1.807) is 0 Å². The molecule has 3 N–H and O–H groups in total. The van der Waals surface area contributed by atoms with Gasteiger partial charge in [0.1, 0.15) is 11.9 Å². The quantitative estimate of drug-likeness (QED) is 0.362. The van der Waals surface area contributed by atoms with Crippen LogP contribution in [0.1, 0.15) is 49.6 Å². The van der Waals surface area contributed by atoms with Crippen LogP contribution in [0.4, 0.5) is 27.7 Å². The largest absolute Gasteiger partial charge is 0.329 e. The molecule has 3 aromatic rings. The van der Waals surface area contributed by atoms with Crippen molar-refractivity contribution in [2.75, 3.05) is 22.1 Å². The summed E-state index contributed by atoms with van der Waals surface area (Å²) in [6.45, 7) is 4.84. The topological polar surface area (TPSA) is 112 Å². The second-order valence-corrected chi connectivity index (χ2v) is 9.47. The summed E-state index contributed by atoms with van der Waals surface area (Å²) >= 11 is 5.48. The van der Waals surface area contributed by atoms with Crippen molar-refractivity contribution in [1.82, 2.24) is 25.1 Å². The monoisotopic (exact) mass is 480 g/mol. The SMILES string of the molecule is CC(C)c1cc(Nc2nc(N3CCCC3C(=O)Nc3ccc(F)nc3)nc3c2CC(=S)C3)n[nH]1. The number of aromatic nitrogens is 5. The van der Waals surface area contributed by atoms with Crippen LogP contribution in [0, 0.1) is 5.95 Å². The van der Waals surface area contributed by atoms with Crippen LogP contribution in [0.15, 0.2) is 24.4 Å². The molecule has 0 aromatic carbocycles. The van der Waals surface area contributed by atoms with E-state index in [1.807, 2.05) is 11.0 Å². The van der Waals surface area contributed by atoms with Gasteiger partial charge in [0.25, 0.3) is 0 Å². The molecule has 1 atom stereocenters. The fourth-order valence-electron chi connectivity index (χ4n) is 4.30. The van der Waals surface area contributed by atoms with Crippen LogP contribution >= 0.6 is 12.2 Å². The van der Waals surface area contributed by atoms with Gasteiger partial charge >= 0.3 is 0 Å². The standard InChI is InChI=1S/C23H25FN8OS/c1-12(2)16-10-20(31-30-16)28-21-15-8-14(34)9-17(15)27-23(29-21)32-7-3-4-18(32)22(33)26-13-5-6-19(24)25-11-13/h5-6,10-12,18H,3-4,7-9H2,1-2H3,(H,26,33)(H2,27,28,29,30,31). The normalized spacial score (nSPS) is 17.4. The van der Waals surface area contributed by atoms with E-state index in [0.29, 0.717) is 55.0 Å². The molecule has 0 spiro atoms. The van der Waals surface area contributed by atoms with Crippen LogP contribution in [-0.2, 0) is 17.6 Å². The lowest BCUT2D eigenvalue weighted by atomic mass is 10.1. The first-order valence-electron chi connectivity index (χ1n) is 11.3. The molecule has 5 rings (SSSR count). The van der Waals surface area contributed by atoms with E-state index in [0.717, 1.165) is 28.2 Å². The third-order valence-corrected chi connectivity index (χ3v) is 6.38. The number of pyridine rings is 1. The summed E-state index contributed by atoms with van der Waals surface area (Å²) in [5.74, 6) is 1.35. The van der Waals surface area contributed by atoms with E-state index in [9.17, 15) is 9.18 Å². The molecule has 11 heteroatoms. The molecule has 9 nitrogen and oxygen atoms in total. The van der Waals surface area contributed by atoms with Gasteiger partial charge < -0.3 is 15.5 Å². The van der Waals surface area contributed by atoms with Gasteiger partial charge in [0.05, 0.1) is 17.6 Å². The molecule has 1 aliphatic heterocycles. The first kappa shape index (κ1) is 22.3. The maximum absolute atomic E-state index is 13.1. The van der Waals surface area contributed by atoms with Crippen LogP contribution in [0.3, 0.4) is 0 Å². The lowest BCUT2D eigenvalue weighted by Crippen LogP contribution is -2.40. The molecule has 0 bridgehead atoms. The predicted octanol–water partition coefficient (Wildman–Crippen LogP) is 3.68. The Labute approximate surface area is 201 Å². The molecule has 176 valence electrons. The Balaban J connectivity index is 1.42. The van der Waals surface area contributed by atoms with E-state index in [-0.39, 0.29) is 5.91 Å². The van der Waals surface area contributed by atoms with Crippen molar-refractivity contribution in [3.8, 4) is 0 Å². The molecule has 3 aromatic heterocycles. The molecule has 1 unspecified atom stereocenters. The molecule has 1 amide bonds. The van der Waals surface area contributed by atoms with E-state index in [1.165, 1.54) is 18.3 Å². The first-order valence-corrected chi connectivity index (χ1v) is 11.7. The second-order valence-electron chi connectivity index (χ2n) is 8.89. The fourth-order valence-corrected chi connectivity index (χ4v) is 4.58. The molecule has 4 heterocycles. The highest BCUT2D eigenvalue weighted by Crippen LogP contribution is 2.32. The number of thiocarbonyl (C=S) groups is 1. The van der Waals surface area contributed by atoms with Crippen LogP contribution in [0.25, 0.3) is 0 Å². The first-order chi connectivity index (χ1) is 16.4. The number of nitrogens with zero attached hydrogens (tertiary/aromatic N) is 5. The minimum absolute atomic E-state index is 0.200. The molecular weight excluding hydrogens is 455 g/mol. The van der Waals surface area contributed by atoms with Gasteiger partial charge in [-0.3, -0.25) is 9.89 Å². The van der Waals surface area contributed by atoms with Crippen molar-refractivity contribution in [3.05, 3.63) is 47.3 Å². The van der Waals surface area contributed by atoms with Crippen LogP contribution in [-0.4, -0.2) is 48.5 Å². The minimum atomic E-state index is -0.595. The lowest BCUT2D eigenvalue weighted by molar-refractivity contribution is -0.117. The number of rotatable bonds is 6. The number of nitrogens with one attached hydrogen (secondary N) is 3. The molecule has 0 saturated carbocycles. The number of halogens is 1. The van der Waals surface area contributed by atoms with Gasteiger partial charge in [0.2, 0.25) is 17.8 Å². The lowest BCUT2D eigenvalue weighted by Gasteiger charge is -2.25. The predicted molar refractivity (Wildman–Crippen MR) is 131 cm³/mol. The average Bonchev–Trinajstić information content (AvgIpc) is 3.54. The molecule has 1 saturated heterocycles. The Kier molecular flexibility index (Phi) is 5.94. The summed E-state index contributed by atoms with van der Waals surface area (Å²) in [5, 5.41) is 13.6. The summed E-state index contributed by atoms with van der Waals surface area (Å²) in [5.41, 5.74) is 3.32. The van der Waals surface area contributed by atoms with Gasteiger partial charge in [-0.05, 0) is 30.9 Å². The molecule has 0 radical (unpaired) electrons. The number of hydrogen-bond acceptors (Lipinski definition) is 8. The van der Waals surface area contributed by atoms with Gasteiger partial charge in [-0.15, -0.1) is 0 Å². The van der Waals surface area contributed by atoms with Crippen LogP contribution < -0.4 is 15.5 Å². The number of anilines is 4. The van der Waals surface area contributed by atoms with Crippen LogP contribution in [0.2, 0.25) is 0 Å². The molecule has 1 aliphatic carbocycles. The van der Waals surface area contributed by atoms with Gasteiger partial charge in [0.15, 0.2) is 5.82 Å². The molecule has 2 aliphatic rings. The summed E-state index contributed by atoms with van der Waals surface area (Å²) in [4.78, 5) is 29.1. The van der Waals surface area contributed by atoms with Crippen molar-refractivity contribution in [3.63, 3.8) is 0 Å². The van der Waals surface area contributed by atoms with Crippen LogP contribution in [0.5, 0.6) is 0 Å². The Morgan fingerprint density at radius 1 is 1.29 bits per heavy atom. The zero-order valence-electron chi connectivity index (χ0n) is 18.9. The Morgan fingerprint density at radius 3 is 2.88 bits per heavy atom. The fraction of sp³-hybridized carbons (Fsp3) is 0.391. The highest BCUT2D eigenvalue weighted by Gasteiger charge is 2.34. The number of hydrogen-bond donors (Lipinski definition) is 3. The van der Waals surface area contributed by atoms with Crippen molar-refractivity contribution >= 4 is 46.3 Å². The Bertz CT molecular complexity index is 1240. The van der Waals surface area contributed by atoms with Crippen molar-refractivity contribution in [1.29, 1.82) is 0 Å².